The van der Waals surface area contributed by atoms with Gasteiger partial charge in [0.15, 0.2) is 0 Å². The molecule has 1 aromatic carbocycles. The average Bonchev–Trinajstić information content (AvgIpc) is 2.68. The number of hydrogen-bond donors (Lipinski definition) is 1. The summed E-state index contributed by atoms with van der Waals surface area (Å²) in [7, 11) is 0. The minimum Gasteiger partial charge on any atom is -0.344 e. The Morgan fingerprint density at radius 3 is 2.63 bits per heavy atom. The first kappa shape index (κ1) is 19.1. The molecule has 0 saturated carbocycles. The molecule has 0 aliphatic heterocycles. The third kappa shape index (κ3) is 5.63. The van der Waals surface area contributed by atoms with E-state index in [1.54, 1.807) is 24.5 Å². The van der Waals surface area contributed by atoms with Crippen LogP contribution in [0.1, 0.15) is 25.3 Å². The fourth-order valence-electron chi connectivity index (χ4n) is 2.69. The molecule has 0 radical (unpaired) electrons. The molecule has 0 atom stereocenters. The lowest BCUT2D eigenvalue weighted by atomic mass is 10.1. The molecule has 0 unspecified atom stereocenters. The Labute approximate surface area is 164 Å². The Bertz CT molecular complexity index is 906. The standard InChI is InChI=1S/C22H21ClFN3/c1-2-3-7-20(12-16-8-10-21(23)25-14-16)27-22-11-9-18(15-26-22)17-5-4-6-19(24)13-17/h4-11,13-15H,2-3,12H2,1H3,(H,26,27)/b20-7+. The van der Waals surface area contributed by atoms with Crippen molar-refractivity contribution in [2.45, 2.75) is 26.2 Å². The number of benzene rings is 1. The molecule has 3 rings (SSSR count). The topological polar surface area (TPSA) is 37.8 Å². The molecule has 1 N–H and O–H groups in total. The zero-order chi connectivity index (χ0) is 19.1. The molecule has 138 valence electrons. The highest BCUT2D eigenvalue weighted by Gasteiger charge is 2.05. The van der Waals surface area contributed by atoms with Crippen molar-refractivity contribution in [2.75, 3.05) is 5.32 Å². The second kappa shape index (κ2) is 9.28. The molecule has 0 saturated heterocycles. The summed E-state index contributed by atoms with van der Waals surface area (Å²) in [6.45, 7) is 2.14. The van der Waals surface area contributed by atoms with Crippen molar-refractivity contribution in [1.29, 1.82) is 0 Å². The number of nitrogens with zero attached hydrogens (tertiary/aromatic N) is 2. The Balaban J connectivity index is 1.74. The van der Waals surface area contributed by atoms with E-state index < -0.39 is 0 Å². The molecule has 5 heteroatoms. The number of aromatic nitrogens is 2. The van der Waals surface area contributed by atoms with E-state index in [9.17, 15) is 4.39 Å². The van der Waals surface area contributed by atoms with Gasteiger partial charge in [-0.05, 0) is 47.9 Å². The predicted octanol–water partition coefficient (Wildman–Crippen LogP) is 6.27. The van der Waals surface area contributed by atoms with Gasteiger partial charge in [0.1, 0.15) is 16.8 Å². The van der Waals surface area contributed by atoms with Gasteiger partial charge in [-0.1, -0.05) is 49.2 Å². The second-order valence-electron chi connectivity index (χ2n) is 6.25. The molecule has 0 fully saturated rings. The maximum Gasteiger partial charge on any atom is 0.130 e. The highest BCUT2D eigenvalue weighted by atomic mass is 35.5. The predicted molar refractivity (Wildman–Crippen MR) is 109 cm³/mol. The summed E-state index contributed by atoms with van der Waals surface area (Å²) >= 11 is 5.86. The van der Waals surface area contributed by atoms with Crippen LogP contribution in [0.5, 0.6) is 0 Å². The van der Waals surface area contributed by atoms with Gasteiger partial charge in [0.05, 0.1) is 0 Å². The van der Waals surface area contributed by atoms with Crippen LogP contribution in [0.25, 0.3) is 11.1 Å². The molecule has 0 amide bonds. The molecule has 0 spiro atoms. The highest BCUT2D eigenvalue weighted by molar-refractivity contribution is 6.29. The van der Waals surface area contributed by atoms with Crippen LogP contribution in [-0.2, 0) is 6.42 Å². The van der Waals surface area contributed by atoms with E-state index in [1.165, 1.54) is 12.1 Å². The summed E-state index contributed by atoms with van der Waals surface area (Å²) in [6, 6.07) is 14.1. The lowest BCUT2D eigenvalue weighted by Gasteiger charge is -2.12. The zero-order valence-corrected chi connectivity index (χ0v) is 15.9. The number of unbranched alkanes of at least 4 members (excludes halogenated alkanes) is 1. The summed E-state index contributed by atoms with van der Waals surface area (Å²) in [5.41, 5.74) is 3.82. The van der Waals surface area contributed by atoms with Gasteiger partial charge in [0.2, 0.25) is 0 Å². The number of rotatable bonds is 7. The quantitative estimate of drug-likeness (QED) is 0.490. The Kier molecular flexibility index (Phi) is 6.55. The van der Waals surface area contributed by atoms with E-state index in [2.05, 4.69) is 28.3 Å². The monoisotopic (exact) mass is 381 g/mol. The van der Waals surface area contributed by atoms with Crippen molar-refractivity contribution in [2.24, 2.45) is 0 Å². The van der Waals surface area contributed by atoms with Gasteiger partial charge in [-0.3, -0.25) is 0 Å². The van der Waals surface area contributed by atoms with E-state index in [0.717, 1.165) is 47.5 Å². The number of pyridine rings is 2. The first-order valence-corrected chi connectivity index (χ1v) is 9.30. The van der Waals surface area contributed by atoms with Crippen molar-refractivity contribution in [1.82, 2.24) is 9.97 Å². The van der Waals surface area contributed by atoms with E-state index in [1.807, 2.05) is 24.3 Å². The van der Waals surface area contributed by atoms with E-state index >= 15 is 0 Å². The lowest BCUT2D eigenvalue weighted by molar-refractivity contribution is 0.628. The molecule has 3 aromatic rings. The molecule has 3 nitrogen and oxygen atoms in total. The van der Waals surface area contributed by atoms with Crippen molar-refractivity contribution >= 4 is 17.4 Å². The number of nitrogens with one attached hydrogen (secondary N) is 1. The molecule has 0 aliphatic carbocycles. The van der Waals surface area contributed by atoms with E-state index in [4.69, 9.17) is 11.6 Å². The van der Waals surface area contributed by atoms with Crippen LogP contribution in [0.15, 0.2) is 72.7 Å². The Morgan fingerprint density at radius 2 is 1.96 bits per heavy atom. The van der Waals surface area contributed by atoms with Crippen LogP contribution < -0.4 is 5.32 Å². The Hall–Kier alpha value is -2.72. The van der Waals surface area contributed by atoms with Crippen LogP contribution in [0.4, 0.5) is 10.2 Å². The number of allylic oxidation sites excluding steroid dienone is 2. The third-order valence-corrected chi connectivity index (χ3v) is 4.30. The molecule has 27 heavy (non-hydrogen) atoms. The van der Waals surface area contributed by atoms with Gasteiger partial charge in [0.25, 0.3) is 0 Å². The normalized spacial score (nSPS) is 11.4. The summed E-state index contributed by atoms with van der Waals surface area (Å²) in [5, 5.41) is 3.87. The first-order valence-electron chi connectivity index (χ1n) is 8.92. The molecule has 2 heterocycles. The minimum absolute atomic E-state index is 0.254. The third-order valence-electron chi connectivity index (χ3n) is 4.07. The maximum atomic E-state index is 13.4. The van der Waals surface area contributed by atoms with Crippen molar-refractivity contribution in [3.05, 3.63) is 89.2 Å². The molecular weight excluding hydrogens is 361 g/mol. The van der Waals surface area contributed by atoms with Crippen LogP contribution in [0, 0.1) is 5.82 Å². The molecule has 2 aromatic heterocycles. The smallest absolute Gasteiger partial charge is 0.130 e. The number of halogens is 2. The molecule has 0 bridgehead atoms. The summed E-state index contributed by atoms with van der Waals surface area (Å²) in [5.74, 6) is 0.496. The SMILES string of the molecule is CCC/C=C(\Cc1ccc(Cl)nc1)Nc1ccc(-c2cccc(F)c2)cn1. The zero-order valence-electron chi connectivity index (χ0n) is 15.1. The maximum absolute atomic E-state index is 13.4. The fourth-order valence-corrected chi connectivity index (χ4v) is 2.80. The largest absolute Gasteiger partial charge is 0.344 e. The fraction of sp³-hybridized carbons (Fsp3) is 0.182. The minimum atomic E-state index is -0.254. The van der Waals surface area contributed by atoms with Crippen LogP contribution >= 0.6 is 11.6 Å². The van der Waals surface area contributed by atoms with Crippen LogP contribution in [-0.4, -0.2) is 9.97 Å². The number of anilines is 1. The van der Waals surface area contributed by atoms with Gasteiger partial charge in [-0.2, -0.15) is 0 Å². The van der Waals surface area contributed by atoms with Crippen LogP contribution in [0.2, 0.25) is 5.15 Å². The highest BCUT2D eigenvalue weighted by Crippen LogP contribution is 2.21. The van der Waals surface area contributed by atoms with Gasteiger partial charge in [-0.15, -0.1) is 0 Å². The van der Waals surface area contributed by atoms with E-state index in [-0.39, 0.29) is 5.82 Å². The van der Waals surface area contributed by atoms with Crippen molar-refractivity contribution in [3.8, 4) is 11.1 Å². The summed E-state index contributed by atoms with van der Waals surface area (Å²) < 4.78 is 13.4. The van der Waals surface area contributed by atoms with Gasteiger partial charge < -0.3 is 5.32 Å². The molecule has 0 aliphatic rings. The average molecular weight is 382 g/mol. The van der Waals surface area contributed by atoms with Gasteiger partial charge in [0, 0.05) is 30.1 Å². The Morgan fingerprint density at radius 1 is 1.07 bits per heavy atom. The number of hydrogen-bond acceptors (Lipinski definition) is 3. The van der Waals surface area contributed by atoms with Crippen LogP contribution in [0.3, 0.4) is 0 Å². The second-order valence-corrected chi connectivity index (χ2v) is 6.64. The molecular formula is C22H21ClFN3. The summed E-state index contributed by atoms with van der Waals surface area (Å²) in [4.78, 5) is 8.61. The lowest BCUT2D eigenvalue weighted by Crippen LogP contribution is -2.05. The first-order chi connectivity index (χ1) is 13.1. The van der Waals surface area contributed by atoms with E-state index in [0.29, 0.717) is 5.15 Å². The summed E-state index contributed by atoms with van der Waals surface area (Å²) in [6.07, 6.45) is 8.47. The van der Waals surface area contributed by atoms with Crippen molar-refractivity contribution in [3.63, 3.8) is 0 Å². The van der Waals surface area contributed by atoms with Crippen molar-refractivity contribution < 1.29 is 4.39 Å². The van der Waals surface area contributed by atoms with Gasteiger partial charge >= 0.3 is 0 Å². The van der Waals surface area contributed by atoms with Gasteiger partial charge in [-0.25, -0.2) is 14.4 Å².